The van der Waals surface area contributed by atoms with E-state index in [0.717, 1.165) is 16.0 Å². The molecule has 0 fully saturated rings. The van der Waals surface area contributed by atoms with Gasteiger partial charge in [0, 0.05) is 22.4 Å². The van der Waals surface area contributed by atoms with Gasteiger partial charge in [0.05, 0.1) is 11.1 Å². The molecule has 8 heteroatoms. The molecule has 27 heavy (non-hydrogen) atoms. The van der Waals surface area contributed by atoms with Crippen molar-refractivity contribution in [3.05, 3.63) is 69.1 Å². The van der Waals surface area contributed by atoms with Crippen molar-refractivity contribution in [1.29, 1.82) is 0 Å². The summed E-state index contributed by atoms with van der Waals surface area (Å²) in [6.45, 7) is 0.484. The lowest BCUT2D eigenvalue weighted by molar-refractivity contribution is -0.118. The Kier molecular flexibility index (Phi) is 5.38. The number of fused-ring (bicyclic) bond motifs is 1. The number of benzene rings is 1. The Balaban J connectivity index is 1.44. The molecule has 0 aliphatic rings. The number of thiophene rings is 2. The van der Waals surface area contributed by atoms with Gasteiger partial charge < -0.3 is 10.3 Å². The van der Waals surface area contributed by atoms with E-state index in [2.05, 4.69) is 15.3 Å². The summed E-state index contributed by atoms with van der Waals surface area (Å²) in [4.78, 5) is 33.6. The van der Waals surface area contributed by atoms with E-state index < -0.39 is 0 Å². The van der Waals surface area contributed by atoms with Crippen LogP contribution in [0.15, 0.2) is 63.2 Å². The van der Waals surface area contributed by atoms with Crippen molar-refractivity contribution >= 4 is 50.6 Å². The third-order valence-electron chi connectivity index (χ3n) is 3.88. The normalized spacial score (nSPS) is 11.0. The standard InChI is InChI=1S/C19H15N3O2S3/c23-15(20-9-12-5-2-1-3-6-12)11-27-19-21-17(24)16-13(10-26-18(16)22-19)14-7-4-8-25-14/h1-8,10H,9,11H2,(H,20,23)(H,21,22,24). The fourth-order valence-corrected chi connectivity index (χ4v) is 5.10. The fraction of sp³-hybridized carbons (Fsp3) is 0.105. The number of aromatic amines is 1. The summed E-state index contributed by atoms with van der Waals surface area (Å²) < 4.78 is 0. The van der Waals surface area contributed by atoms with E-state index in [9.17, 15) is 9.59 Å². The third kappa shape index (κ3) is 4.13. The van der Waals surface area contributed by atoms with Crippen molar-refractivity contribution in [3.8, 4) is 10.4 Å². The van der Waals surface area contributed by atoms with Crippen LogP contribution in [0.3, 0.4) is 0 Å². The molecule has 0 aliphatic heterocycles. The van der Waals surface area contributed by atoms with Crippen LogP contribution in [0.5, 0.6) is 0 Å². The van der Waals surface area contributed by atoms with Crippen LogP contribution in [0.25, 0.3) is 20.7 Å². The highest BCUT2D eigenvalue weighted by Gasteiger charge is 2.14. The Morgan fingerprint density at radius 2 is 2.00 bits per heavy atom. The summed E-state index contributed by atoms with van der Waals surface area (Å²) in [5.74, 6) is 0.0989. The Morgan fingerprint density at radius 3 is 2.78 bits per heavy atom. The largest absolute Gasteiger partial charge is 0.351 e. The second-order valence-corrected chi connectivity index (χ2v) is 8.50. The maximum absolute atomic E-state index is 12.5. The highest BCUT2D eigenvalue weighted by atomic mass is 32.2. The molecule has 0 bridgehead atoms. The minimum absolute atomic E-state index is 0.1000. The second-order valence-electron chi connectivity index (χ2n) is 5.73. The van der Waals surface area contributed by atoms with E-state index in [0.29, 0.717) is 21.9 Å². The molecule has 3 heterocycles. The third-order valence-corrected chi connectivity index (χ3v) is 6.53. The molecule has 0 radical (unpaired) electrons. The van der Waals surface area contributed by atoms with Gasteiger partial charge in [-0.25, -0.2) is 4.98 Å². The number of carbonyl (C=O) groups excluding carboxylic acids is 1. The van der Waals surface area contributed by atoms with E-state index in [1.54, 1.807) is 11.3 Å². The molecular formula is C19H15N3O2S3. The number of nitrogens with one attached hydrogen (secondary N) is 2. The Morgan fingerprint density at radius 1 is 1.15 bits per heavy atom. The molecule has 5 nitrogen and oxygen atoms in total. The van der Waals surface area contributed by atoms with Crippen molar-refractivity contribution in [2.24, 2.45) is 0 Å². The summed E-state index contributed by atoms with van der Waals surface area (Å²) in [5.41, 5.74) is 1.79. The van der Waals surface area contributed by atoms with Gasteiger partial charge in [0.2, 0.25) is 5.91 Å². The van der Waals surface area contributed by atoms with Gasteiger partial charge in [0.1, 0.15) is 4.83 Å². The van der Waals surface area contributed by atoms with E-state index in [4.69, 9.17) is 0 Å². The second kappa shape index (κ2) is 8.08. The maximum atomic E-state index is 12.5. The number of nitrogens with zero attached hydrogens (tertiary/aromatic N) is 1. The SMILES string of the molecule is O=C(CSc1nc2scc(-c3cccs3)c2c(=O)[nH]1)NCc1ccccc1. The molecule has 2 N–H and O–H groups in total. The first-order chi connectivity index (χ1) is 13.2. The number of hydrogen-bond acceptors (Lipinski definition) is 6. The number of aromatic nitrogens is 2. The summed E-state index contributed by atoms with van der Waals surface area (Å²) in [7, 11) is 0. The van der Waals surface area contributed by atoms with Gasteiger partial charge in [-0.3, -0.25) is 9.59 Å². The number of rotatable bonds is 6. The first kappa shape index (κ1) is 18.0. The molecular weight excluding hydrogens is 398 g/mol. The molecule has 0 unspecified atom stereocenters. The predicted molar refractivity (Wildman–Crippen MR) is 113 cm³/mol. The van der Waals surface area contributed by atoms with Gasteiger partial charge in [-0.1, -0.05) is 48.2 Å². The van der Waals surface area contributed by atoms with Crippen LogP contribution in [0.2, 0.25) is 0 Å². The van der Waals surface area contributed by atoms with Gasteiger partial charge in [-0.05, 0) is 17.0 Å². The Bertz CT molecular complexity index is 1120. The van der Waals surface area contributed by atoms with Crippen molar-refractivity contribution in [2.75, 3.05) is 5.75 Å². The van der Waals surface area contributed by atoms with Crippen LogP contribution in [-0.2, 0) is 11.3 Å². The van der Waals surface area contributed by atoms with Crippen molar-refractivity contribution in [2.45, 2.75) is 11.7 Å². The average Bonchev–Trinajstić information content (AvgIpc) is 3.35. The van der Waals surface area contributed by atoms with Gasteiger partial charge >= 0.3 is 0 Å². The van der Waals surface area contributed by atoms with Gasteiger partial charge in [-0.2, -0.15) is 0 Å². The lowest BCUT2D eigenvalue weighted by atomic mass is 10.2. The molecule has 1 amide bonds. The highest BCUT2D eigenvalue weighted by molar-refractivity contribution is 7.99. The minimum atomic E-state index is -0.170. The summed E-state index contributed by atoms with van der Waals surface area (Å²) in [6, 6.07) is 13.7. The van der Waals surface area contributed by atoms with Gasteiger partial charge in [0.25, 0.3) is 5.56 Å². The molecule has 1 aromatic carbocycles. The average molecular weight is 414 g/mol. The number of thioether (sulfide) groups is 1. The first-order valence-corrected chi connectivity index (χ1v) is 10.9. The number of hydrogen-bond donors (Lipinski definition) is 2. The van der Waals surface area contributed by atoms with Crippen LogP contribution in [0.1, 0.15) is 5.56 Å². The number of amides is 1. The molecule has 4 rings (SSSR count). The molecule has 0 saturated carbocycles. The monoisotopic (exact) mass is 413 g/mol. The van der Waals surface area contributed by atoms with E-state index >= 15 is 0 Å². The van der Waals surface area contributed by atoms with E-state index in [-0.39, 0.29) is 17.2 Å². The molecule has 3 aromatic heterocycles. The molecule has 0 saturated heterocycles. The van der Waals surface area contributed by atoms with Crippen molar-refractivity contribution in [1.82, 2.24) is 15.3 Å². The summed E-state index contributed by atoms with van der Waals surface area (Å²) in [5, 5.41) is 7.88. The first-order valence-electron chi connectivity index (χ1n) is 8.19. The van der Waals surface area contributed by atoms with Gasteiger partial charge in [0.15, 0.2) is 5.16 Å². The lowest BCUT2D eigenvalue weighted by Gasteiger charge is -2.05. The zero-order valence-electron chi connectivity index (χ0n) is 14.1. The van der Waals surface area contributed by atoms with Crippen LogP contribution in [-0.4, -0.2) is 21.6 Å². The quantitative estimate of drug-likeness (QED) is 0.368. The smallest absolute Gasteiger partial charge is 0.260 e. The zero-order valence-corrected chi connectivity index (χ0v) is 16.5. The molecule has 4 aromatic rings. The predicted octanol–water partition coefficient (Wildman–Crippen LogP) is 4.12. The Labute approximate surface area is 167 Å². The van der Waals surface area contributed by atoms with Gasteiger partial charge in [-0.15, -0.1) is 22.7 Å². The molecule has 0 atom stereocenters. The molecule has 0 spiro atoms. The van der Waals surface area contributed by atoms with Crippen LogP contribution in [0, 0.1) is 0 Å². The number of carbonyl (C=O) groups is 1. The van der Waals surface area contributed by atoms with Crippen LogP contribution in [0.4, 0.5) is 0 Å². The van der Waals surface area contributed by atoms with Crippen molar-refractivity contribution < 1.29 is 4.79 Å². The summed E-state index contributed by atoms with van der Waals surface area (Å²) >= 11 is 4.27. The van der Waals surface area contributed by atoms with Crippen LogP contribution < -0.4 is 10.9 Å². The topological polar surface area (TPSA) is 74.8 Å². The minimum Gasteiger partial charge on any atom is -0.351 e. The maximum Gasteiger partial charge on any atom is 0.260 e. The molecule has 0 aliphatic carbocycles. The highest BCUT2D eigenvalue weighted by Crippen LogP contribution is 2.33. The zero-order chi connectivity index (χ0) is 18.6. The van der Waals surface area contributed by atoms with Crippen molar-refractivity contribution in [3.63, 3.8) is 0 Å². The molecule has 136 valence electrons. The van der Waals surface area contributed by atoms with E-state index in [1.165, 1.54) is 23.1 Å². The Hall–Kier alpha value is -2.42. The van der Waals surface area contributed by atoms with Crippen LogP contribution >= 0.6 is 34.4 Å². The lowest BCUT2D eigenvalue weighted by Crippen LogP contribution is -2.24. The van der Waals surface area contributed by atoms with E-state index in [1.807, 2.05) is 53.2 Å². The summed E-state index contributed by atoms with van der Waals surface area (Å²) in [6.07, 6.45) is 0. The number of H-pyrrole nitrogens is 1. The fourth-order valence-electron chi connectivity index (χ4n) is 2.59.